The van der Waals surface area contributed by atoms with E-state index in [4.69, 9.17) is 10.5 Å². The highest BCUT2D eigenvalue weighted by molar-refractivity contribution is 9.10. The summed E-state index contributed by atoms with van der Waals surface area (Å²) in [4.78, 5) is 11.5. The van der Waals surface area contributed by atoms with Crippen molar-refractivity contribution >= 4 is 27.8 Å². The monoisotopic (exact) mass is 261 g/mol. The minimum atomic E-state index is -0.583. The van der Waals surface area contributed by atoms with Crippen LogP contribution in [0.15, 0.2) is 10.7 Å². The number of ether oxygens (including phenoxy) is 1. The fraction of sp³-hybridized carbons (Fsp3) is 0.500. The third-order valence-electron chi connectivity index (χ3n) is 1.33. The molecule has 1 aromatic heterocycles. The van der Waals surface area contributed by atoms with Gasteiger partial charge in [0.2, 0.25) is 0 Å². The normalized spacial score (nSPS) is 11.4. The number of rotatable bonds is 0. The average molecular weight is 262 g/mol. The molecule has 0 unspecified atom stereocenters. The molecule has 14 heavy (non-hydrogen) atoms. The highest BCUT2D eigenvalue weighted by Crippen LogP contribution is 2.19. The molecule has 0 bridgehead atoms. The fourth-order valence-corrected chi connectivity index (χ4v) is 1.05. The van der Waals surface area contributed by atoms with Gasteiger partial charge in [-0.3, -0.25) is 0 Å². The minimum absolute atomic E-state index is 0.235. The minimum Gasteiger partial charge on any atom is -0.442 e. The third kappa shape index (κ3) is 2.47. The van der Waals surface area contributed by atoms with E-state index in [1.807, 2.05) is 0 Å². The van der Waals surface area contributed by atoms with Crippen molar-refractivity contribution in [3.05, 3.63) is 10.7 Å². The van der Waals surface area contributed by atoms with Crippen LogP contribution in [0, 0.1) is 0 Å². The first kappa shape index (κ1) is 11.0. The van der Waals surface area contributed by atoms with E-state index in [1.54, 1.807) is 20.8 Å². The Morgan fingerprint density at radius 2 is 2.21 bits per heavy atom. The van der Waals surface area contributed by atoms with Crippen molar-refractivity contribution in [1.29, 1.82) is 0 Å². The Morgan fingerprint density at radius 1 is 1.64 bits per heavy atom. The van der Waals surface area contributed by atoms with E-state index in [1.165, 1.54) is 6.20 Å². The van der Waals surface area contributed by atoms with Gasteiger partial charge in [0.15, 0.2) is 0 Å². The summed E-state index contributed by atoms with van der Waals surface area (Å²) in [6.45, 7) is 5.33. The number of halogens is 1. The topological polar surface area (TPSA) is 70.1 Å². The summed E-state index contributed by atoms with van der Waals surface area (Å²) in [7, 11) is 0. The zero-order valence-corrected chi connectivity index (χ0v) is 9.83. The molecule has 0 aliphatic carbocycles. The van der Waals surface area contributed by atoms with Gasteiger partial charge < -0.3 is 10.5 Å². The van der Waals surface area contributed by atoms with Crippen LogP contribution < -0.4 is 5.73 Å². The van der Waals surface area contributed by atoms with Crippen molar-refractivity contribution in [2.75, 3.05) is 5.73 Å². The largest absolute Gasteiger partial charge is 0.442 e. The maximum absolute atomic E-state index is 11.5. The molecule has 78 valence electrons. The Bertz CT molecular complexity index is 354. The smallest absolute Gasteiger partial charge is 0.437 e. The Kier molecular flexibility index (Phi) is 2.84. The Labute approximate surface area is 90.3 Å². The van der Waals surface area contributed by atoms with Gasteiger partial charge in [-0.1, -0.05) is 0 Å². The lowest BCUT2D eigenvalue weighted by atomic mass is 10.2. The van der Waals surface area contributed by atoms with Crippen LogP contribution in [0.3, 0.4) is 0 Å². The molecule has 0 saturated carbocycles. The summed E-state index contributed by atoms with van der Waals surface area (Å²) < 4.78 is 6.66. The molecular formula is C8H12BrN3O2. The van der Waals surface area contributed by atoms with Crippen molar-refractivity contribution in [3.63, 3.8) is 0 Å². The quantitative estimate of drug-likeness (QED) is 0.776. The van der Waals surface area contributed by atoms with Gasteiger partial charge in [0.1, 0.15) is 11.4 Å². The van der Waals surface area contributed by atoms with Gasteiger partial charge in [-0.25, -0.2) is 4.79 Å². The molecule has 0 radical (unpaired) electrons. The molecule has 0 atom stereocenters. The van der Waals surface area contributed by atoms with E-state index >= 15 is 0 Å². The summed E-state index contributed by atoms with van der Waals surface area (Å²) in [6.07, 6.45) is 0.861. The third-order valence-corrected chi connectivity index (χ3v) is 1.94. The number of nitrogens with two attached hydrogens (primary N) is 1. The second kappa shape index (κ2) is 3.61. The van der Waals surface area contributed by atoms with Crippen LogP contribution in [-0.4, -0.2) is 21.5 Å². The van der Waals surface area contributed by atoms with Crippen molar-refractivity contribution in [2.45, 2.75) is 26.4 Å². The number of carbonyl (C=O) groups excluding carboxylic acids is 1. The predicted molar refractivity (Wildman–Crippen MR) is 56.0 cm³/mol. The number of carbonyl (C=O) groups is 1. The molecule has 2 N–H and O–H groups in total. The predicted octanol–water partition coefficient (Wildman–Crippen LogP) is 2.01. The van der Waals surface area contributed by atoms with Gasteiger partial charge >= 0.3 is 6.09 Å². The molecule has 0 saturated heterocycles. The van der Waals surface area contributed by atoms with Gasteiger partial charge in [0.05, 0.1) is 10.7 Å². The highest BCUT2D eigenvalue weighted by atomic mass is 79.9. The van der Waals surface area contributed by atoms with Crippen LogP contribution in [0.2, 0.25) is 0 Å². The number of hydrogen-bond acceptors (Lipinski definition) is 4. The zero-order valence-electron chi connectivity index (χ0n) is 8.24. The first-order valence-corrected chi connectivity index (χ1v) is 4.83. The number of hydrogen-bond donors (Lipinski definition) is 1. The van der Waals surface area contributed by atoms with Crippen LogP contribution >= 0.6 is 15.9 Å². The molecule has 0 fully saturated rings. The Balaban J connectivity index is 2.86. The lowest BCUT2D eigenvalue weighted by Crippen LogP contribution is -2.28. The fourth-order valence-electron chi connectivity index (χ4n) is 0.789. The van der Waals surface area contributed by atoms with Gasteiger partial charge in [-0.15, -0.1) is 4.68 Å². The Hall–Kier alpha value is -1.04. The molecule has 0 aliphatic rings. The maximum atomic E-state index is 11.5. The molecule has 0 aliphatic heterocycles. The van der Waals surface area contributed by atoms with E-state index in [0.29, 0.717) is 4.47 Å². The summed E-state index contributed by atoms with van der Waals surface area (Å²) >= 11 is 3.15. The summed E-state index contributed by atoms with van der Waals surface area (Å²) in [6, 6.07) is 0. The number of anilines is 1. The molecule has 5 nitrogen and oxygen atoms in total. The maximum Gasteiger partial charge on any atom is 0.437 e. The van der Waals surface area contributed by atoms with Crippen LogP contribution in [0.25, 0.3) is 0 Å². The van der Waals surface area contributed by atoms with Crippen molar-refractivity contribution in [1.82, 2.24) is 9.78 Å². The number of nitrogens with zero attached hydrogens (tertiary/aromatic N) is 2. The zero-order chi connectivity index (χ0) is 10.9. The first-order valence-electron chi connectivity index (χ1n) is 4.03. The van der Waals surface area contributed by atoms with Crippen LogP contribution in [0.5, 0.6) is 0 Å². The second-order valence-electron chi connectivity index (χ2n) is 3.77. The summed E-state index contributed by atoms with van der Waals surface area (Å²) in [5.41, 5.74) is 5.02. The molecule has 0 spiro atoms. The van der Waals surface area contributed by atoms with Crippen LogP contribution in [0.4, 0.5) is 10.6 Å². The first-order chi connectivity index (χ1) is 6.31. The van der Waals surface area contributed by atoms with Gasteiger partial charge in [0.25, 0.3) is 0 Å². The van der Waals surface area contributed by atoms with E-state index in [-0.39, 0.29) is 5.82 Å². The molecule has 0 aromatic carbocycles. The standard InChI is InChI=1S/C8H12BrN3O2/c1-8(2,3)14-7(13)12-6(10)5(9)4-11-12/h4H,10H2,1-3H3. The molecule has 1 rings (SSSR count). The summed E-state index contributed by atoms with van der Waals surface area (Å²) in [5, 5.41) is 3.77. The molecule has 0 amide bonds. The second-order valence-corrected chi connectivity index (χ2v) is 4.62. The molecule has 1 aromatic rings. The van der Waals surface area contributed by atoms with E-state index in [2.05, 4.69) is 21.0 Å². The van der Waals surface area contributed by atoms with Crippen molar-refractivity contribution in [3.8, 4) is 0 Å². The molecular weight excluding hydrogens is 250 g/mol. The van der Waals surface area contributed by atoms with Gasteiger partial charge in [-0.05, 0) is 36.7 Å². The van der Waals surface area contributed by atoms with Gasteiger partial charge in [-0.2, -0.15) is 5.10 Å². The van der Waals surface area contributed by atoms with E-state index in [0.717, 1.165) is 4.68 Å². The summed E-state index contributed by atoms with van der Waals surface area (Å²) in [5.74, 6) is 0.235. The van der Waals surface area contributed by atoms with Gasteiger partial charge in [0, 0.05) is 0 Å². The van der Waals surface area contributed by atoms with Crippen LogP contribution in [0.1, 0.15) is 20.8 Å². The number of aromatic nitrogens is 2. The highest BCUT2D eigenvalue weighted by Gasteiger charge is 2.20. The number of nitrogen functional groups attached to an aromatic ring is 1. The van der Waals surface area contributed by atoms with Crippen molar-refractivity contribution < 1.29 is 9.53 Å². The Morgan fingerprint density at radius 3 is 2.57 bits per heavy atom. The van der Waals surface area contributed by atoms with E-state index in [9.17, 15) is 4.79 Å². The molecule has 1 heterocycles. The van der Waals surface area contributed by atoms with E-state index < -0.39 is 11.7 Å². The lowest BCUT2D eigenvalue weighted by molar-refractivity contribution is 0.0519. The average Bonchev–Trinajstić information content (AvgIpc) is 2.29. The lowest BCUT2D eigenvalue weighted by Gasteiger charge is -2.19. The van der Waals surface area contributed by atoms with Crippen molar-refractivity contribution in [2.24, 2.45) is 0 Å². The molecule has 6 heteroatoms. The van der Waals surface area contributed by atoms with Crippen LogP contribution in [-0.2, 0) is 4.74 Å². The SMILES string of the molecule is CC(C)(C)OC(=O)n1ncc(Br)c1N.